The predicted octanol–water partition coefficient (Wildman–Crippen LogP) is -0.323. The second-order valence-electron chi connectivity index (χ2n) is 5.04. The van der Waals surface area contributed by atoms with Gasteiger partial charge in [0.25, 0.3) is 5.91 Å². The number of likely N-dealkylation sites (tertiary alicyclic amines) is 1. The molecule has 23 heavy (non-hydrogen) atoms. The number of β-amino-alcohol motifs (C(OH)–C–C–N with tert-alkyl or cyclic N) is 1. The van der Waals surface area contributed by atoms with E-state index in [1.165, 1.54) is 4.72 Å². The van der Waals surface area contributed by atoms with Crippen LogP contribution in [0.25, 0.3) is 0 Å². The van der Waals surface area contributed by atoms with E-state index in [1.54, 1.807) is 30.3 Å². The molecule has 126 valence electrons. The van der Waals surface area contributed by atoms with Crippen molar-refractivity contribution >= 4 is 22.3 Å². The highest BCUT2D eigenvalue weighted by molar-refractivity contribution is 7.84. The van der Waals surface area contributed by atoms with Crippen molar-refractivity contribution in [3.8, 4) is 0 Å². The number of aliphatic hydroxyl groups excluding tert-OH is 1. The summed E-state index contributed by atoms with van der Waals surface area (Å²) in [6.45, 7) is -0.198. The molecule has 0 aromatic heterocycles. The third-order valence-electron chi connectivity index (χ3n) is 3.25. The Morgan fingerprint density at radius 2 is 1.96 bits per heavy atom. The maximum Gasteiger partial charge on any atom is 0.410 e. The van der Waals surface area contributed by atoms with E-state index in [4.69, 9.17) is 9.29 Å². The van der Waals surface area contributed by atoms with Crippen molar-refractivity contribution < 1.29 is 32.4 Å². The number of carbonyl (C=O) groups is 2. The van der Waals surface area contributed by atoms with Crippen molar-refractivity contribution in [2.24, 2.45) is 0 Å². The minimum Gasteiger partial charge on any atom is -0.445 e. The van der Waals surface area contributed by atoms with Gasteiger partial charge in [-0.2, -0.15) is 8.42 Å². The molecule has 1 fully saturated rings. The van der Waals surface area contributed by atoms with Crippen molar-refractivity contribution in [2.75, 3.05) is 6.54 Å². The minimum atomic E-state index is -4.74. The Balaban J connectivity index is 2.00. The number of hydrogen-bond donors (Lipinski definition) is 3. The molecule has 1 aromatic rings. The van der Waals surface area contributed by atoms with Crippen molar-refractivity contribution in [3.63, 3.8) is 0 Å². The Kier molecular flexibility index (Phi) is 5.19. The highest BCUT2D eigenvalue weighted by atomic mass is 32.2. The molecule has 0 spiro atoms. The number of amides is 2. The minimum absolute atomic E-state index is 0.0289. The number of aliphatic hydroxyl groups is 1. The molecule has 1 aliphatic rings. The predicted molar refractivity (Wildman–Crippen MR) is 77.4 cm³/mol. The first-order valence-corrected chi connectivity index (χ1v) is 8.15. The van der Waals surface area contributed by atoms with E-state index in [2.05, 4.69) is 0 Å². The number of benzene rings is 1. The summed E-state index contributed by atoms with van der Waals surface area (Å²) in [5.74, 6) is -1.11. The fourth-order valence-corrected chi connectivity index (χ4v) is 2.65. The highest BCUT2D eigenvalue weighted by Gasteiger charge is 2.40. The summed E-state index contributed by atoms with van der Waals surface area (Å²) in [5, 5.41) is 9.61. The van der Waals surface area contributed by atoms with Crippen molar-refractivity contribution in [1.29, 1.82) is 0 Å². The smallest absolute Gasteiger partial charge is 0.410 e. The van der Waals surface area contributed by atoms with E-state index in [9.17, 15) is 23.1 Å². The maximum atomic E-state index is 12.0. The second-order valence-corrected chi connectivity index (χ2v) is 6.19. The van der Waals surface area contributed by atoms with Crippen LogP contribution in [-0.4, -0.2) is 53.7 Å². The summed E-state index contributed by atoms with van der Waals surface area (Å²) in [4.78, 5) is 24.8. The van der Waals surface area contributed by atoms with Crippen LogP contribution in [0, 0.1) is 0 Å². The summed E-state index contributed by atoms with van der Waals surface area (Å²) in [6, 6.07) is 7.59. The van der Waals surface area contributed by atoms with Crippen LogP contribution in [0.15, 0.2) is 30.3 Å². The summed E-state index contributed by atoms with van der Waals surface area (Å²) in [7, 11) is -4.74. The molecule has 0 unspecified atom stereocenters. The number of nitrogens with zero attached hydrogens (tertiary/aromatic N) is 1. The SMILES string of the molecule is O=C(NS(=O)(=O)O)[C@@H]1C[C@@H](O)CN1C(=O)OCc1ccccc1. The third kappa shape index (κ3) is 4.91. The van der Waals surface area contributed by atoms with Crippen molar-refractivity contribution in [3.05, 3.63) is 35.9 Å². The molecule has 3 N–H and O–H groups in total. The molecule has 1 aromatic carbocycles. The summed E-state index contributed by atoms with van der Waals surface area (Å²) >= 11 is 0. The van der Waals surface area contributed by atoms with Crippen LogP contribution in [0.5, 0.6) is 0 Å². The largest absolute Gasteiger partial charge is 0.445 e. The molecule has 9 nitrogen and oxygen atoms in total. The topological polar surface area (TPSA) is 133 Å². The van der Waals surface area contributed by atoms with Crippen LogP contribution in [0.1, 0.15) is 12.0 Å². The van der Waals surface area contributed by atoms with Gasteiger partial charge < -0.3 is 9.84 Å². The normalized spacial score (nSPS) is 21.0. The number of nitrogens with one attached hydrogen (secondary N) is 1. The van der Waals surface area contributed by atoms with Crippen molar-refractivity contribution in [2.45, 2.75) is 25.2 Å². The van der Waals surface area contributed by atoms with Crippen LogP contribution in [0.2, 0.25) is 0 Å². The molecule has 2 rings (SSSR count). The molecule has 0 aliphatic carbocycles. The Bertz CT molecular complexity index is 677. The first kappa shape index (κ1) is 17.2. The zero-order chi connectivity index (χ0) is 17.0. The quantitative estimate of drug-likeness (QED) is 0.637. The van der Waals surface area contributed by atoms with Crippen LogP contribution in [0.3, 0.4) is 0 Å². The molecular formula is C13H16N2O7S. The maximum absolute atomic E-state index is 12.0. The van der Waals surface area contributed by atoms with E-state index in [0.29, 0.717) is 0 Å². The Labute approximate surface area is 132 Å². The molecule has 10 heteroatoms. The molecule has 0 bridgehead atoms. The first-order valence-electron chi connectivity index (χ1n) is 6.70. The van der Waals surface area contributed by atoms with Gasteiger partial charge in [0, 0.05) is 6.42 Å². The zero-order valence-corrected chi connectivity index (χ0v) is 12.8. The van der Waals surface area contributed by atoms with E-state index >= 15 is 0 Å². The van der Waals surface area contributed by atoms with Gasteiger partial charge in [0.1, 0.15) is 12.6 Å². The van der Waals surface area contributed by atoms with E-state index in [0.717, 1.165) is 10.5 Å². The average Bonchev–Trinajstić information content (AvgIpc) is 2.86. The molecular weight excluding hydrogens is 328 g/mol. The van der Waals surface area contributed by atoms with Gasteiger partial charge in [0.2, 0.25) is 0 Å². The Morgan fingerprint density at radius 1 is 1.30 bits per heavy atom. The van der Waals surface area contributed by atoms with Crippen LogP contribution < -0.4 is 4.72 Å². The third-order valence-corrected chi connectivity index (χ3v) is 3.71. The van der Waals surface area contributed by atoms with Crippen LogP contribution >= 0.6 is 0 Å². The standard InChI is InChI=1S/C13H16N2O7S/c16-10-6-11(12(17)14-23(19,20)21)15(7-10)13(18)22-8-9-4-2-1-3-5-9/h1-5,10-11,16H,6-8H2,(H,14,17)(H,19,20,21)/t10-,11+/m1/s1. The molecule has 0 radical (unpaired) electrons. The lowest BCUT2D eigenvalue weighted by atomic mass is 10.2. The highest BCUT2D eigenvalue weighted by Crippen LogP contribution is 2.20. The summed E-state index contributed by atoms with van der Waals surface area (Å²) in [5.41, 5.74) is 0.736. The molecule has 1 aliphatic heterocycles. The molecule has 1 heterocycles. The monoisotopic (exact) mass is 344 g/mol. The molecule has 2 atom stereocenters. The molecule has 1 saturated heterocycles. The van der Waals surface area contributed by atoms with E-state index < -0.39 is 34.5 Å². The average molecular weight is 344 g/mol. The molecule has 0 saturated carbocycles. The van der Waals surface area contributed by atoms with E-state index in [-0.39, 0.29) is 19.6 Å². The van der Waals surface area contributed by atoms with Gasteiger partial charge in [-0.05, 0) is 5.56 Å². The van der Waals surface area contributed by atoms with Crippen LogP contribution in [-0.2, 0) is 26.4 Å². The Morgan fingerprint density at radius 3 is 2.57 bits per heavy atom. The fourth-order valence-electron chi connectivity index (χ4n) is 2.26. The van der Waals surface area contributed by atoms with Gasteiger partial charge >= 0.3 is 16.4 Å². The number of carbonyl (C=O) groups excluding carboxylic acids is 2. The van der Waals surface area contributed by atoms with Gasteiger partial charge in [0.15, 0.2) is 0 Å². The lowest BCUT2D eigenvalue weighted by Crippen LogP contribution is -2.47. The number of rotatable bonds is 4. The van der Waals surface area contributed by atoms with Gasteiger partial charge in [-0.25, -0.2) is 9.52 Å². The zero-order valence-electron chi connectivity index (χ0n) is 12.0. The molecule has 2 amide bonds. The first-order chi connectivity index (χ1) is 10.8. The summed E-state index contributed by atoms with van der Waals surface area (Å²) in [6.07, 6.45) is -2.00. The van der Waals surface area contributed by atoms with Gasteiger partial charge in [0.05, 0.1) is 12.6 Å². The second kappa shape index (κ2) is 6.94. The van der Waals surface area contributed by atoms with Gasteiger partial charge in [-0.3, -0.25) is 14.2 Å². The number of ether oxygens (including phenoxy) is 1. The Hall–Kier alpha value is -2.17. The van der Waals surface area contributed by atoms with Crippen LogP contribution in [0.4, 0.5) is 4.79 Å². The lowest BCUT2D eigenvalue weighted by Gasteiger charge is -2.22. The number of hydrogen-bond acceptors (Lipinski definition) is 6. The lowest BCUT2D eigenvalue weighted by molar-refractivity contribution is -0.123. The summed E-state index contributed by atoms with van der Waals surface area (Å²) < 4.78 is 36.4. The van der Waals surface area contributed by atoms with Crippen molar-refractivity contribution in [1.82, 2.24) is 9.62 Å². The van der Waals surface area contributed by atoms with Gasteiger partial charge in [-0.1, -0.05) is 30.3 Å². The van der Waals surface area contributed by atoms with E-state index in [1.807, 2.05) is 0 Å². The van der Waals surface area contributed by atoms with Gasteiger partial charge in [-0.15, -0.1) is 0 Å². The fraction of sp³-hybridized carbons (Fsp3) is 0.385.